The van der Waals surface area contributed by atoms with Gasteiger partial charge in [0.1, 0.15) is 5.69 Å². The fraction of sp³-hybridized carbons (Fsp3) is 0.158. The number of amides is 2. The summed E-state index contributed by atoms with van der Waals surface area (Å²) in [4.78, 5) is 35.1. The third-order valence-corrected chi connectivity index (χ3v) is 4.13. The summed E-state index contributed by atoms with van der Waals surface area (Å²) in [5, 5.41) is 24.3. The third kappa shape index (κ3) is 4.95. The third-order valence-electron chi connectivity index (χ3n) is 4.13. The van der Waals surface area contributed by atoms with Crippen LogP contribution in [0.3, 0.4) is 0 Å². The van der Waals surface area contributed by atoms with Gasteiger partial charge in [-0.3, -0.25) is 29.1 Å². The number of carbonyl (C=O) groups excluding carboxylic acids is 2. The van der Waals surface area contributed by atoms with Crippen LogP contribution in [0.4, 0.5) is 11.4 Å². The Balaban J connectivity index is 1.66. The molecule has 0 spiro atoms. The number of nitrogens with zero attached hydrogens (tertiary/aromatic N) is 5. The number of aromatic nitrogens is 4. The average molecular weight is 409 g/mol. The van der Waals surface area contributed by atoms with E-state index < -0.39 is 16.7 Å². The molecule has 1 aromatic carbocycles. The molecule has 154 valence electrons. The summed E-state index contributed by atoms with van der Waals surface area (Å²) in [5.74, 6) is -0.910. The maximum atomic E-state index is 12.6. The van der Waals surface area contributed by atoms with Crippen molar-refractivity contribution >= 4 is 29.3 Å². The predicted molar refractivity (Wildman–Crippen MR) is 108 cm³/mol. The molecule has 2 N–H and O–H groups in total. The minimum absolute atomic E-state index is 0.0719. The lowest BCUT2D eigenvalue weighted by atomic mass is 10.2. The summed E-state index contributed by atoms with van der Waals surface area (Å²) < 4.78 is 2.99. The lowest BCUT2D eigenvalue weighted by molar-refractivity contribution is -0.384. The SMILES string of the molecule is Cn1cc(CNC(=O)c2c(NC(=O)/C=C/c3cccc([N+](=O)[O-])c3)cnn2C)cn1. The predicted octanol–water partition coefficient (Wildman–Crippen LogP) is 1.64. The lowest BCUT2D eigenvalue weighted by Crippen LogP contribution is -2.26. The van der Waals surface area contributed by atoms with Gasteiger partial charge in [-0.15, -0.1) is 0 Å². The smallest absolute Gasteiger partial charge is 0.271 e. The maximum Gasteiger partial charge on any atom is 0.271 e. The Hall–Kier alpha value is -4.28. The number of nitro groups is 1. The van der Waals surface area contributed by atoms with E-state index in [1.807, 2.05) is 0 Å². The van der Waals surface area contributed by atoms with Crippen molar-refractivity contribution in [3.63, 3.8) is 0 Å². The van der Waals surface area contributed by atoms with E-state index in [0.29, 0.717) is 5.56 Å². The fourth-order valence-electron chi connectivity index (χ4n) is 2.72. The number of non-ortho nitro benzene ring substituents is 1. The van der Waals surface area contributed by atoms with Gasteiger partial charge in [0.15, 0.2) is 0 Å². The normalized spacial score (nSPS) is 10.9. The van der Waals surface area contributed by atoms with Crippen LogP contribution in [0.1, 0.15) is 21.6 Å². The Bertz CT molecular complexity index is 1130. The second kappa shape index (κ2) is 8.82. The molecule has 0 aliphatic carbocycles. The highest BCUT2D eigenvalue weighted by molar-refractivity contribution is 6.06. The quantitative estimate of drug-likeness (QED) is 0.346. The number of hydrogen-bond donors (Lipinski definition) is 2. The van der Waals surface area contributed by atoms with Gasteiger partial charge in [0.25, 0.3) is 11.6 Å². The van der Waals surface area contributed by atoms with Gasteiger partial charge in [0, 0.05) is 50.6 Å². The van der Waals surface area contributed by atoms with Crippen LogP contribution in [0.25, 0.3) is 6.08 Å². The molecule has 2 aromatic heterocycles. The molecule has 2 amide bonds. The molecule has 0 bridgehead atoms. The molecule has 11 heteroatoms. The fourth-order valence-corrected chi connectivity index (χ4v) is 2.72. The van der Waals surface area contributed by atoms with Gasteiger partial charge in [-0.2, -0.15) is 10.2 Å². The molecule has 3 aromatic rings. The molecule has 0 unspecified atom stereocenters. The van der Waals surface area contributed by atoms with E-state index in [-0.39, 0.29) is 23.6 Å². The summed E-state index contributed by atoms with van der Waals surface area (Å²) in [6.07, 6.45) is 7.47. The minimum Gasteiger partial charge on any atom is -0.346 e. The molecule has 0 fully saturated rings. The topological polar surface area (TPSA) is 137 Å². The molecule has 30 heavy (non-hydrogen) atoms. The highest BCUT2D eigenvalue weighted by Crippen LogP contribution is 2.16. The van der Waals surface area contributed by atoms with Crippen molar-refractivity contribution < 1.29 is 14.5 Å². The number of benzene rings is 1. The number of nitrogens with one attached hydrogen (secondary N) is 2. The number of carbonyl (C=O) groups is 2. The first-order chi connectivity index (χ1) is 14.3. The maximum absolute atomic E-state index is 12.6. The Morgan fingerprint density at radius 3 is 2.73 bits per heavy atom. The molecule has 0 atom stereocenters. The molecule has 0 saturated heterocycles. The van der Waals surface area contributed by atoms with Gasteiger partial charge in [-0.25, -0.2) is 0 Å². The summed E-state index contributed by atoms with van der Waals surface area (Å²) in [6.45, 7) is 0.276. The number of hydrogen-bond acceptors (Lipinski definition) is 6. The van der Waals surface area contributed by atoms with Gasteiger partial charge >= 0.3 is 0 Å². The second-order valence-corrected chi connectivity index (χ2v) is 6.41. The highest BCUT2D eigenvalue weighted by atomic mass is 16.6. The van der Waals surface area contributed by atoms with Gasteiger partial charge in [0.2, 0.25) is 5.91 Å². The van der Waals surface area contributed by atoms with Crippen LogP contribution >= 0.6 is 0 Å². The molecule has 0 saturated carbocycles. The van der Waals surface area contributed by atoms with Crippen LogP contribution in [0.2, 0.25) is 0 Å². The first-order valence-corrected chi connectivity index (χ1v) is 8.84. The van der Waals surface area contributed by atoms with Crippen molar-refractivity contribution in [2.45, 2.75) is 6.54 Å². The Morgan fingerprint density at radius 2 is 2.03 bits per heavy atom. The van der Waals surface area contributed by atoms with Gasteiger partial charge < -0.3 is 10.6 Å². The van der Waals surface area contributed by atoms with E-state index in [1.54, 1.807) is 37.2 Å². The largest absolute Gasteiger partial charge is 0.346 e. The number of anilines is 1. The van der Waals surface area contributed by atoms with Crippen molar-refractivity contribution in [2.24, 2.45) is 14.1 Å². The lowest BCUT2D eigenvalue weighted by Gasteiger charge is -2.07. The number of rotatable bonds is 7. The van der Waals surface area contributed by atoms with E-state index in [9.17, 15) is 19.7 Å². The molecule has 0 radical (unpaired) electrons. The minimum atomic E-state index is -0.510. The van der Waals surface area contributed by atoms with Crippen LogP contribution in [0.5, 0.6) is 0 Å². The van der Waals surface area contributed by atoms with Crippen LogP contribution in [0.15, 0.2) is 48.9 Å². The second-order valence-electron chi connectivity index (χ2n) is 6.41. The zero-order valence-electron chi connectivity index (χ0n) is 16.3. The van der Waals surface area contributed by atoms with E-state index in [0.717, 1.165) is 5.56 Å². The zero-order valence-corrected chi connectivity index (χ0v) is 16.3. The number of aryl methyl sites for hydroxylation is 2. The summed E-state index contributed by atoms with van der Waals surface area (Å²) in [5.41, 5.74) is 1.70. The van der Waals surface area contributed by atoms with E-state index in [2.05, 4.69) is 20.8 Å². The van der Waals surface area contributed by atoms with Crippen molar-refractivity contribution in [2.75, 3.05) is 5.32 Å². The van der Waals surface area contributed by atoms with Crippen LogP contribution < -0.4 is 10.6 Å². The zero-order chi connectivity index (χ0) is 21.7. The Labute approximate surface area is 171 Å². The van der Waals surface area contributed by atoms with Crippen molar-refractivity contribution in [1.29, 1.82) is 0 Å². The summed E-state index contributed by atoms with van der Waals surface area (Å²) in [6, 6.07) is 5.88. The Morgan fingerprint density at radius 1 is 1.23 bits per heavy atom. The Kier molecular flexibility index (Phi) is 6.01. The molecule has 11 nitrogen and oxygen atoms in total. The molecular weight excluding hydrogens is 390 g/mol. The molecule has 0 aliphatic heterocycles. The monoisotopic (exact) mass is 409 g/mol. The highest BCUT2D eigenvalue weighted by Gasteiger charge is 2.18. The van der Waals surface area contributed by atoms with Crippen LogP contribution in [0, 0.1) is 10.1 Å². The van der Waals surface area contributed by atoms with Gasteiger partial charge in [-0.1, -0.05) is 12.1 Å². The standard InChI is InChI=1S/C19H19N7O4/c1-24-12-14(10-21-24)9-20-19(28)18-16(11-22-25(18)2)23-17(27)7-6-13-4-3-5-15(8-13)26(29)30/h3-8,10-12H,9H2,1-2H3,(H,20,28)(H,23,27)/b7-6+. The summed E-state index contributed by atoms with van der Waals surface area (Å²) in [7, 11) is 3.37. The van der Waals surface area contributed by atoms with Crippen molar-refractivity contribution in [3.8, 4) is 0 Å². The first kappa shape index (κ1) is 20.5. The van der Waals surface area contributed by atoms with E-state index in [1.165, 1.54) is 41.2 Å². The van der Waals surface area contributed by atoms with Crippen LogP contribution in [-0.4, -0.2) is 36.3 Å². The molecule has 0 aliphatic rings. The van der Waals surface area contributed by atoms with E-state index >= 15 is 0 Å². The number of nitro benzene ring substituents is 1. The first-order valence-electron chi connectivity index (χ1n) is 8.84. The van der Waals surface area contributed by atoms with Gasteiger partial charge in [0.05, 0.1) is 23.0 Å². The average Bonchev–Trinajstić information content (AvgIpc) is 3.30. The van der Waals surface area contributed by atoms with Crippen molar-refractivity contribution in [1.82, 2.24) is 24.9 Å². The molecule has 3 rings (SSSR count). The van der Waals surface area contributed by atoms with Crippen LogP contribution in [-0.2, 0) is 25.4 Å². The van der Waals surface area contributed by atoms with E-state index in [4.69, 9.17) is 0 Å². The van der Waals surface area contributed by atoms with Crippen molar-refractivity contribution in [3.05, 3.63) is 75.9 Å². The van der Waals surface area contributed by atoms with Gasteiger partial charge in [-0.05, 0) is 11.6 Å². The summed E-state index contributed by atoms with van der Waals surface area (Å²) >= 11 is 0. The molecular formula is C19H19N7O4. The molecule has 2 heterocycles.